The van der Waals surface area contributed by atoms with E-state index in [0.29, 0.717) is 28.8 Å². The van der Waals surface area contributed by atoms with Gasteiger partial charge in [-0.05, 0) is 30.3 Å². The lowest BCUT2D eigenvalue weighted by Gasteiger charge is -2.37. The second kappa shape index (κ2) is 7.66. The maximum Gasteiger partial charge on any atom is 0.283 e. The zero-order chi connectivity index (χ0) is 19.8. The first kappa shape index (κ1) is 19.1. The first-order valence-corrected chi connectivity index (χ1v) is 9.88. The highest BCUT2D eigenvalue weighted by Gasteiger charge is 2.42. The van der Waals surface area contributed by atoms with Crippen LogP contribution in [0.1, 0.15) is 0 Å². The van der Waals surface area contributed by atoms with E-state index in [0.717, 1.165) is 23.7 Å². The molecule has 4 rings (SSSR count). The standard InChI is InChI=1S/C20H16Cl3N3O2/c21-13-10-14(22)12-16(11-13)26-19(27)17(23)18(20(26)28)25-8-6-24(7-9-25)15-4-2-1-3-5-15/h1-5,10-12H,6-9H2. The monoisotopic (exact) mass is 435 g/mol. The van der Waals surface area contributed by atoms with E-state index in [1.165, 1.54) is 18.2 Å². The van der Waals surface area contributed by atoms with Crippen LogP contribution in [0.15, 0.2) is 59.3 Å². The molecule has 0 aliphatic carbocycles. The molecule has 0 saturated carbocycles. The molecule has 0 aromatic heterocycles. The van der Waals surface area contributed by atoms with E-state index in [2.05, 4.69) is 17.0 Å². The number of halogens is 3. The Morgan fingerprint density at radius 3 is 1.86 bits per heavy atom. The molecule has 144 valence electrons. The molecule has 2 amide bonds. The highest BCUT2D eigenvalue weighted by Crippen LogP contribution is 2.34. The Kier molecular flexibility index (Phi) is 5.23. The lowest BCUT2D eigenvalue weighted by molar-refractivity contribution is -0.121. The predicted molar refractivity (Wildman–Crippen MR) is 112 cm³/mol. The summed E-state index contributed by atoms with van der Waals surface area (Å²) < 4.78 is 0. The molecule has 0 atom stereocenters. The number of hydrogen-bond donors (Lipinski definition) is 0. The van der Waals surface area contributed by atoms with Gasteiger partial charge in [-0.25, -0.2) is 4.90 Å². The van der Waals surface area contributed by atoms with Crippen LogP contribution >= 0.6 is 34.8 Å². The number of rotatable bonds is 3. The Hall–Kier alpha value is -2.21. The van der Waals surface area contributed by atoms with E-state index in [9.17, 15) is 9.59 Å². The van der Waals surface area contributed by atoms with Gasteiger partial charge in [-0.2, -0.15) is 0 Å². The van der Waals surface area contributed by atoms with Crippen LogP contribution in [0.25, 0.3) is 0 Å². The maximum atomic E-state index is 13.0. The lowest BCUT2D eigenvalue weighted by Crippen LogP contribution is -2.47. The van der Waals surface area contributed by atoms with E-state index in [1.807, 2.05) is 23.1 Å². The number of amides is 2. The van der Waals surface area contributed by atoms with Gasteiger partial charge in [0.15, 0.2) is 0 Å². The second-order valence-corrected chi connectivity index (χ2v) is 7.80. The molecule has 2 aromatic carbocycles. The number of carbonyl (C=O) groups excluding carboxylic acids is 2. The molecule has 0 radical (unpaired) electrons. The van der Waals surface area contributed by atoms with E-state index < -0.39 is 11.8 Å². The van der Waals surface area contributed by atoms with Crippen molar-refractivity contribution in [3.8, 4) is 0 Å². The van der Waals surface area contributed by atoms with Crippen LogP contribution in [0, 0.1) is 0 Å². The minimum atomic E-state index is -0.564. The summed E-state index contributed by atoms with van der Waals surface area (Å²) in [7, 11) is 0. The van der Waals surface area contributed by atoms with Crippen molar-refractivity contribution in [1.82, 2.24) is 4.90 Å². The van der Waals surface area contributed by atoms with E-state index in [-0.39, 0.29) is 10.7 Å². The number of imide groups is 1. The number of anilines is 2. The number of piperazine rings is 1. The minimum Gasteiger partial charge on any atom is -0.368 e. The van der Waals surface area contributed by atoms with Crippen LogP contribution in [0.5, 0.6) is 0 Å². The summed E-state index contributed by atoms with van der Waals surface area (Å²) in [6, 6.07) is 14.6. The molecule has 2 heterocycles. The molecule has 8 heteroatoms. The van der Waals surface area contributed by atoms with Gasteiger partial charge in [0, 0.05) is 41.9 Å². The van der Waals surface area contributed by atoms with Gasteiger partial charge < -0.3 is 9.80 Å². The van der Waals surface area contributed by atoms with E-state index >= 15 is 0 Å². The average Bonchev–Trinajstić information content (AvgIpc) is 2.90. The lowest BCUT2D eigenvalue weighted by atomic mass is 10.2. The van der Waals surface area contributed by atoms with Gasteiger partial charge in [0.1, 0.15) is 10.7 Å². The Bertz CT molecular complexity index is 950. The predicted octanol–water partition coefficient (Wildman–Crippen LogP) is 4.14. The summed E-state index contributed by atoms with van der Waals surface area (Å²) in [5, 5.41) is 0.600. The van der Waals surface area contributed by atoms with Crippen molar-refractivity contribution in [2.24, 2.45) is 0 Å². The number of hydrogen-bond acceptors (Lipinski definition) is 4. The van der Waals surface area contributed by atoms with Gasteiger partial charge in [0.25, 0.3) is 11.8 Å². The van der Waals surface area contributed by atoms with Crippen LogP contribution in [0.2, 0.25) is 10.0 Å². The first-order chi connectivity index (χ1) is 13.5. The van der Waals surface area contributed by atoms with E-state index in [4.69, 9.17) is 34.8 Å². The van der Waals surface area contributed by atoms with Crippen molar-refractivity contribution < 1.29 is 9.59 Å². The van der Waals surface area contributed by atoms with Crippen molar-refractivity contribution >= 4 is 58.0 Å². The molecule has 0 bridgehead atoms. The highest BCUT2D eigenvalue weighted by atomic mass is 35.5. The average molecular weight is 437 g/mol. The minimum absolute atomic E-state index is 0.0748. The van der Waals surface area contributed by atoms with Crippen molar-refractivity contribution in [1.29, 1.82) is 0 Å². The first-order valence-electron chi connectivity index (χ1n) is 8.75. The van der Waals surface area contributed by atoms with Gasteiger partial charge >= 0.3 is 0 Å². The van der Waals surface area contributed by atoms with E-state index in [1.54, 1.807) is 0 Å². The van der Waals surface area contributed by atoms with Crippen LogP contribution in [-0.2, 0) is 9.59 Å². The number of benzene rings is 2. The molecule has 2 aromatic rings. The third kappa shape index (κ3) is 3.46. The third-order valence-corrected chi connectivity index (χ3v) is 5.60. The Morgan fingerprint density at radius 1 is 0.679 bits per heavy atom. The van der Waals surface area contributed by atoms with Crippen LogP contribution in [-0.4, -0.2) is 42.9 Å². The van der Waals surface area contributed by atoms with Crippen molar-refractivity contribution in [2.45, 2.75) is 0 Å². The molecule has 2 aliphatic rings. The fourth-order valence-electron chi connectivity index (χ4n) is 3.50. The Labute approximate surface area is 177 Å². The molecule has 0 spiro atoms. The molecule has 0 N–H and O–H groups in total. The van der Waals surface area contributed by atoms with Crippen molar-refractivity contribution in [3.63, 3.8) is 0 Å². The topological polar surface area (TPSA) is 43.9 Å². The summed E-state index contributed by atoms with van der Waals surface area (Å²) in [6.07, 6.45) is 0. The van der Waals surface area contributed by atoms with Crippen LogP contribution < -0.4 is 9.80 Å². The molecule has 2 aliphatic heterocycles. The zero-order valence-corrected chi connectivity index (χ0v) is 17.0. The molecule has 28 heavy (non-hydrogen) atoms. The molecule has 0 unspecified atom stereocenters. The number of nitrogens with zero attached hydrogens (tertiary/aromatic N) is 3. The quantitative estimate of drug-likeness (QED) is 0.678. The van der Waals surface area contributed by atoms with Crippen molar-refractivity contribution in [3.05, 3.63) is 69.3 Å². The molecule has 1 saturated heterocycles. The van der Waals surface area contributed by atoms with Gasteiger partial charge in [-0.3, -0.25) is 9.59 Å². The molecular weight excluding hydrogens is 421 g/mol. The van der Waals surface area contributed by atoms with Gasteiger partial charge in [-0.15, -0.1) is 0 Å². The van der Waals surface area contributed by atoms with Gasteiger partial charge in [0.2, 0.25) is 0 Å². The molecule has 1 fully saturated rings. The summed E-state index contributed by atoms with van der Waals surface area (Å²) in [4.78, 5) is 30.8. The van der Waals surface area contributed by atoms with Gasteiger partial charge in [0.05, 0.1) is 5.69 Å². The normalized spacial score (nSPS) is 17.8. The Balaban J connectivity index is 1.54. The summed E-state index contributed by atoms with van der Waals surface area (Å²) >= 11 is 18.3. The Morgan fingerprint density at radius 2 is 1.25 bits per heavy atom. The number of para-hydroxylation sites is 1. The van der Waals surface area contributed by atoms with Crippen molar-refractivity contribution in [2.75, 3.05) is 36.0 Å². The highest BCUT2D eigenvalue weighted by molar-refractivity contribution is 6.52. The number of carbonyl (C=O) groups is 2. The summed E-state index contributed by atoms with van der Waals surface area (Å²) in [5.41, 5.74) is 1.67. The molecular formula is C20H16Cl3N3O2. The fourth-order valence-corrected chi connectivity index (χ4v) is 4.29. The maximum absolute atomic E-state index is 13.0. The summed E-state index contributed by atoms with van der Waals surface area (Å²) in [5.74, 6) is -1.02. The fraction of sp³-hybridized carbons (Fsp3) is 0.200. The SMILES string of the molecule is O=C1C(Cl)=C(N2CCN(c3ccccc3)CC2)C(=O)N1c1cc(Cl)cc(Cl)c1. The third-order valence-electron chi connectivity index (χ3n) is 4.83. The second-order valence-electron chi connectivity index (χ2n) is 6.55. The summed E-state index contributed by atoms with van der Waals surface area (Å²) in [6.45, 7) is 2.62. The molecule has 5 nitrogen and oxygen atoms in total. The van der Waals surface area contributed by atoms with Crippen LogP contribution in [0.3, 0.4) is 0 Å². The van der Waals surface area contributed by atoms with Gasteiger partial charge in [-0.1, -0.05) is 53.0 Å². The van der Waals surface area contributed by atoms with Crippen LogP contribution in [0.4, 0.5) is 11.4 Å². The largest absolute Gasteiger partial charge is 0.368 e. The smallest absolute Gasteiger partial charge is 0.283 e. The zero-order valence-electron chi connectivity index (χ0n) is 14.7.